The minimum atomic E-state index is 0.137. The molecular weight excluding hydrogens is 390 g/mol. The van der Waals surface area contributed by atoms with E-state index in [1.807, 2.05) is 19.2 Å². The third kappa shape index (κ3) is 3.21. The predicted molar refractivity (Wildman–Crippen MR) is 88.4 cm³/mol. The molecule has 1 heterocycles. The quantitative estimate of drug-likeness (QED) is 0.782. The Labute approximate surface area is 134 Å². The molecule has 0 amide bonds. The average Bonchev–Trinajstić information content (AvgIpc) is 2.72. The molecule has 2 rings (SSSR count). The standard InChI is InChI=1S/C14H15Br2NOS/c1-8-11(16)7-13(19-8)14(17-2)10-5-4-9(15)6-12(10)18-3/h4-7,14,17H,1-3H3. The number of hydrogen-bond acceptors (Lipinski definition) is 3. The van der Waals surface area contributed by atoms with E-state index >= 15 is 0 Å². The monoisotopic (exact) mass is 403 g/mol. The van der Waals surface area contributed by atoms with Gasteiger partial charge in [-0.3, -0.25) is 0 Å². The van der Waals surface area contributed by atoms with Gasteiger partial charge in [0, 0.05) is 24.3 Å². The van der Waals surface area contributed by atoms with Crippen LogP contribution in [0.4, 0.5) is 0 Å². The van der Waals surface area contributed by atoms with Crippen LogP contribution in [-0.4, -0.2) is 14.2 Å². The number of hydrogen-bond donors (Lipinski definition) is 1. The van der Waals surface area contributed by atoms with E-state index in [4.69, 9.17) is 4.74 Å². The molecule has 0 spiro atoms. The van der Waals surface area contributed by atoms with Crippen molar-refractivity contribution >= 4 is 43.2 Å². The summed E-state index contributed by atoms with van der Waals surface area (Å²) in [5.74, 6) is 0.885. The number of rotatable bonds is 4. The second kappa shape index (κ2) is 6.39. The van der Waals surface area contributed by atoms with Gasteiger partial charge in [-0.05, 0) is 48.1 Å². The van der Waals surface area contributed by atoms with E-state index in [1.165, 1.54) is 9.75 Å². The molecule has 0 aliphatic carbocycles. The molecule has 2 aromatic rings. The summed E-state index contributed by atoms with van der Waals surface area (Å²) >= 11 is 8.84. The number of benzene rings is 1. The van der Waals surface area contributed by atoms with Crippen LogP contribution in [0.1, 0.15) is 21.4 Å². The smallest absolute Gasteiger partial charge is 0.125 e. The van der Waals surface area contributed by atoms with E-state index in [1.54, 1.807) is 18.4 Å². The molecule has 5 heteroatoms. The van der Waals surface area contributed by atoms with Gasteiger partial charge in [-0.1, -0.05) is 22.0 Å². The number of thiophene rings is 1. The van der Waals surface area contributed by atoms with Crippen molar-refractivity contribution in [2.75, 3.05) is 14.2 Å². The fourth-order valence-corrected chi connectivity index (χ4v) is 4.03. The highest BCUT2D eigenvalue weighted by Crippen LogP contribution is 2.37. The molecule has 0 aliphatic heterocycles. The Balaban J connectivity index is 2.47. The first-order chi connectivity index (χ1) is 9.06. The largest absolute Gasteiger partial charge is 0.496 e. The van der Waals surface area contributed by atoms with Crippen molar-refractivity contribution in [1.29, 1.82) is 0 Å². The van der Waals surface area contributed by atoms with E-state index in [2.05, 4.69) is 56.2 Å². The first kappa shape index (κ1) is 15.0. The molecule has 0 radical (unpaired) electrons. The van der Waals surface area contributed by atoms with Crippen LogP contribution in [0.3, 0.4) is 0 Å². The van der Waals surface area contributed by atoms with Crippen molar-refractivity contribution < 1.29 is 4.74 Å². The van der Waals surface area contributed by atoms with Crippen LogP contribution >= 0.6 is 43.2 Å². The molecule has 0 saturated carbocycles. The van der Waals surface area contributed by atoms with E-state index in [9.17, 15) is 0 Å². The Morgan fingerprint density at radius 3 is 2.53 bits per heavy atom. The molecule has 1 unspecified atom stereocenters. The Morgan fingerprint density at radius 2 is 2.00 bits per heavy atom. The summed E-state index contributed by atoms with van der Waals surface area (Å²) in [5, 5.41) is 3.36. The number of aryl methyl sites for hydroxylation is 1. The maximum Gasteiger partial charge on any atom is 0.125 e. The first-order valence-corrected chi connectivity index (χ1v) is 8.23. The molecule has 0 fully saturated rings. The van der Waals surface area contributed by atoms with Crippen molar-refractivity contribution in [2.24, 2.45) is 0 Å². The molecule has 19 heavy (non-hydrogen) atoms. The van der Waals surface area contributed by atoms with Gasteiger partial charge >= 0.3 is 0 Å². The van der Waals surface area contributed by atoms with Gasteiger partial charge in [-0.2, -0.15) is 0 Å². The van der Waals surface area contributed by atoms with Crippen molar-refractivity contribution in [1.82, 2.24) is 5.32 Å². The van der Waals surface area contributed by atoms with Gasteiger partial charge < -0.3 is 10.1 Å². The molecular formula is C14H15Br2NOS. The summed E-state index contributed by atoms with van der Waals surface area (Å²) in [4.78, 5) is 2.55. The SMILES string of the molecule is CNC(c1cc(Br)c(C)s1)c1ccc(Br)cc1OC. The summed E-state index contributed by atoms with van der Waals surface area (Å²) in [6, 6.07) is 8.43. The zero-order valence-electron chi connectivity index (χ0n) is 11.0. The molecule has 1 aromatic heterocycles. The van der Waals surface area contributed by atoms with Gasteiger partial charge in [0.15, 0.2) is 0 Å². The maximum atomic E-state index is 5.49. The van der Waals surface area contributed by atoms with Crippen LogP contribution in [0.15, 0.2) is 33.2 Å². The number of methoxy groups -OCH3 is 1. The average molecular weight is 405 g/mol. The molecule has 0 saturated heterocycles. The van der Waals surface area contributed by atoms with E-state index in [0.717, 1.165) is 20.3 Å². The molecule has 1 N–H and O–H groups in total. The summed E-state index contributed by atoms with van der Waals surface area (Å²) in [7, 11) is 3.67. The fraction of sp³-hybridized carbons (Fsp3) is 0.286. The lowest BCUT2D eigenvalue weighted by Crippen LogP contribution is -2.17. The van der Waals surface area contributed by atoms with E-state index in [-0.39, 0.29) is 6.04 Å². The van der Waals surface area contributed by atoms with Gasteiger partial charge in [-0.25, -0.2) is 0 Å². The van der Waals surface area contributed by atoms with Crippen molar-refractivity contribution in [3.8, 4) is 5.75 Å². The zero-order chi connectivity index (χ0) is 14.0. The second-order valence-corrected chi connectivity index (χ2v) is 7.22. The van der Waals surface area contributed by atoms with Crippen LogP contribution in [0.5, 0.6) is 5.75 Å². The minimum Gasteiger partial charge on any atom is -0.496 e. The maximum absolute atomic E-state index is 5.49. The van der Waals surface area contributed by atoms with Crippen LogP contribution in [0.2, 0.25) is 0 Å². The topological polar surface area (TPSA) is 21.3 Å². The lowest BCUT2D eigenvalue weighted by Gasteiger charge is -2.18. The van der Waals surface area contributed by atoms with E-state index in [0.29, 0.717) is 0 Å². The lowest BCUT2D eigenvalue weighted by molar-refractivity contribution is 0.405. The molecule has 0 aliphatic rings. The third-order valence-corrected chi connectivity index (χ3v) is 5.65. The molecule has 1 atom stereocenters. The van der Waals surface area contributed by atoms with Gasteiger partial charge in [0.05, 0.1) is 13.2 Å². The Kier molecular flexibility index (Phi) is 5.06. The highest BCUT2D eigenvalue weighted by atomic mass is 79.9. The minimum absolute atomic E-state index is 0.137. The van der Waals surface area contributed by atoms with Crippen LogP contribution < -0.4 is 10.1 Å². The zero-order valence-corrected chi connectivity index (χ0v) is 14.9. The van der Waals surface area contributed by atoms with Gasteiger partial charge in [0.2, 0.25) is 0 Å². The Bertz CT molecular complexity index is 563. The molecule has 0 bridgehead atoms. The number of halogens is 2. The van der Waals surface area contributed by atoms with Crippen LogP contribution in [0.25, 0.3) is 0 Å². The third-order valence-electron chi connectivity index (χ3n) is 2.96. The van der Waals surface area contributed by atoms with Gasteiger partial charge in [-0.15, -0.1) is 11.3 Å². The lowest BCUT2D eigenvalue weighted by atomic mass is 10.0. The highest BCUT2D eigenvalue weighted by molar-refractivity contribution is 9.10. The highest BCUT2D eigenvalue weighted by Gasteiger charge is 2.19. The predicted octanol–water partition coefficient (Wildman–Crippen LogP) is 4.90. The summed E-state index contributed by atoms with van der Waals surface area (Å²) < 4.78 is 7.67. The van der Waals surface area contributed by atoms with E-state index < -0.39 is 0 Å². The number of ether oxygens (including phenoxy) is 1. The van der Waals surface area contributed by atoms with Crippen molar-refractivity contribution in [2.45, 2.75) is 13.0 Å². The molecule has 1 aromatic carbocycles. The fourth-order valence-electron chi connectivity index (χ4n) is 2.00. The van der Waals surface area contributed by atoms with Gasteiger partial charge in [0.25, 0.3) is 0 Å². The summed E-state index contributed by atoms with van der Waals surface area (Å²) in [6.07, 6.45) is 0. The second-order valence-electron chi connectivity index (χ2n) is 4.16. The first-order valence-electron chi connectivity index (χ1n) is 5.83. The van der Waals surface area contributed by atoms with Crippen molar-refractivity contribution in [3.63, 3.8) is 0 Å². The summed E-state index contributed by atoms with van der Waals surface area (Å²) in [6.45, 7) is 2.11. The normalized spacial score (nSPS) is 12.5. The van der Waals surface area contributed by atoms with Crippen LogP contribution in [0, 0.1) is 6.92 Å². The summed E-state index contributed by atoms with van der Waals surface area (Å²) in [5.41, 5.74) is 1.14. The number of nitrogens with one attached hydrogen (secondary N) is 1. The Morgan fingerprint density at radius 1 is 1.26 bits per heavy atom. The molecule has 102 valence electrons. The Hall–Kier alpha value is -0.360. The molecule has 2 nitrogen and oxygen atoms in total. The van der Waals surface area contributed by atoms with Crippen molar-refractivity contribution in [3.05, 3.63) is 48.5 Å². The van der Waals surface area contributed by atoms with Gasteiger partial charge in [0.1, 0.15) is 5.75 Å². The van der Waals surface area contributed by atoms with Crippen LogP contribution in [-0.2, 0) is 0 Å².